The van der Waals surface area contributed by atoms with Gasteiger partial charge in [-0.25, -0.2) is 0 Å². The van der Waals surface area contributed by atoms with Crippen molar-refractivity contribution in [2.45, 2.75) is 56.2 Å². The monoisotopic (exact) mass is 275 g/mol. The maximum absolute atomic E-state index is 5.55. The molecule has 2 unspecified atom stereocenters. The van der Waals surface area contributed by atoms with Crippen LogP contribution in [0.5, 0.6) is 5.75 Å². The first kappa shape index (κ1) is 13.9. The van der Waals surface area contributed by atoms with Crippen molar-refractivity contribution >= 4 is 0 Å². The highest BCUT2D eigenvalue weighted by atomic mass is 16.5. The zero-order valence-corrected chi connectivity index (χ0v) is 12.5. The van der Waals surface area contributed by atoms with Gasteiger partial charge in [-0.15, -0.1) is 0 Å². The van der Waals surface area contributed by atoms with Crippen LogP contribution in [-0.2, 0) is 4.74 Å². The van der Waals surface area contributed by atoms with Gasteiger partial charge >= 0.3 is 0 Å². The Balaban J connectivity index is 1.48. The third-order valence-electron chi connectivity index (χ3n) is 4.93. The molecule has 3 heteroatoms. The Morgan fingerprint density at radius 1 is 1.05 bits per heavy atom. The van der Waals surface area contributed by atoms with E-state index in [1.807, 2.05) is 7.11 Å². The Bertz CT molecular complexity index is 425. The Morgan fingerprint density at radius 2 is 1.80 bits per heavy atom. The molecule has 2 saturated carbocycles. The number of nitrogens with one attached hydrogen (secondary N) is 1. The smallest absolute Gasteiger partial charge is 0.118 e. The lowest BCUT2D eigenvalue weighted by Crippen LogP contribution is -2.48. The van der Waals surface area contributed by atoms with Gasteiger partial charge in [0.15, 0.2) is 0 Å². The molecule has 3 rings (SSSR count). The minimum Gasteiger partial charge on any atom is -0.497 e. The summed E-state index contributed by atoms with van der Waals surface area (Å²) in [6.45, 7) is 0. The second-order valence-electron chi connectivity index (χ2n) is 6.12. The number of ether oxygens (including phenoxy) is 2. The minimum absolute atomic E-state index is 0.426. The number of hydrogen-bond donors (Lipinski definition) is 1. The Kier molecular flexibility index (Phi) is 4.27. The second kappa shape index (κ2) is 6.15. The zero-order valence-electron chi connectivity index (χ0n) is 12.5. The Hall–Kier alpha value is -1.06. The molecule has 0 aromatic heterocycles. The van der Waals surface area contributed by atoms with Crippen molar-refractivity contribution < 1.29 is 9.47 Å². The van der Waals surface area contributed by atoms with Gasteiger partial charge in [-0.3, -0.25) is 0 Å². The standard InChI is InChI=1S/C17H25NO2/c1-19-15-8-6-12(7-9-15)13-10-14(11-13)18-16-4-3-5-17(16)20-2/h6-9,13-14,16-18H,3-5,10-11H2,1-2H3. The van der Waals surface area contributed by atoms with Crippen LogP contribution >= 0.6 is 0 Å². The largest absolute Gasteiger partial charge is 0.497 e. The fourth-order valence-electron chi connectivity index (χ4n) is 3.60. The normalized spacial score (nSPS) is 32.9. The second-order valence-corrected chi connectivity index (χ2v) is 6.12. The van der Waals surface area contributed by atoms with Crippen molar-refractivity contribution in [2.24, 2.45) is 0 Å². The van der Waals surface area contributed by atoms with Gasteiger partial charge in [-0.1, -0.05) is 12.1 Å². The van der Waals surface area contributed by atoms with Gasteiger partial charge in [0.05, 0.1) is 13.2 Å². The van der Waals surface area contributed by atoms with Crippen LogP contribution in [0.1, 0.15) is 43.6 Å². The number of rotatable bonds is 5. The fourth-order valence-corrected chi connectivity index (χ4v) is 3.60. The van der Waals surface area contributed by atoms with E-state index >= 15 is 0 Å². The summed E-state index contributed by atoms with van der Waals surface area (Å²) in [5.74, 6) is 1.65. The summed E-state index contributed by atoms with van der Waals surface area (Å²) in [7, 11) is 3.55. The number of methoxy groups -OCH3 is 2. The molecule has 0 aliphatic heterocycles. The lowest BCUT2D eigenvalue weighted by molar-refractivity contribution is 0.0747. The van der Waals surface area contributed by atoms with Crippen molar-refractivity contribution in [3.63, 3.8) is 0 Å². The SMILES string of the molecule is COc1ccc(C2CC(NC3CCCC3OC)C2)cc1. The molecule has 2 atom stereocenters. The predicted molar refractivity (Wildman–Crippen MR) is 80.3 cm³/mol. The van der Waals surface area contributed by atoms with Gasteiger partial charge in [0.2, 0.25) is 0 Å². The lowest BCUT2D eigenvalue weighted by atomic mass is 9.75. The topological polar surface area (TPSA) is 30.5 Å². The summed E-state index contributed by atoms with van der Waals surface area (Å²) in [4.78, 5) is 0. The average molecular weight is 275 g/mol. The number of hydrogen-bond acceptors (Lipinski definition) is 3. The van der Waals surface area contributed by atoms with Gasteiger partial charge < -0.3 is 14.8 Å². The molecular weight excluding hydrogens is 250 g/mol. The van der Waals surface area contributed by atoms with E-state index in [4.69, 9.17) is 9.47 Å². The molecule has 0 bridgehead atoms. The molecular formula is C17H25NO2. The van der Waals surface area contributed by atoms with E-state index in [9.17, 15) is 0 Å². The molecule has 0 spiro atoms. The molecule has 20 heavy (non-hydrogen) atoms. The maximum Gasteiger partial charge on any atom is 0.118 e. The number of benzene rings is 1. The van der Waals surface area contributed by atoms with Crippen LogP contribution in [0.25, 0.3) is 0 Å². The van der Waals surface area contributed by atoms with Crippen molar-refractivity contribution in [3.8, 4) is 5.75 Å². The zero-order chi connectivity index (χ0) is 13.9. The third-order valence-corrected chi connectivity index (χ3v) is 4.93. The van der Waals surface area contributed by atoms with Crippen molar-refractivity contribution in [3.05, 3.63) is 29.8 Å². The third kappa shape index (κ3) is 2.84. The molecule has 3 nitrogen and oxygen atoms in total. The molecule has 2 aliphatic rings. The Morgan fingerprint density at radius 3 is 2.45 bits per heavy atom. The molecule has 0 radical (unpaired) electrons. The van der Waals surface area contributed by atoms with Gasteiger partial charge in [0.1, 0.15) is 5.75 Å². The first-order chi connectivity index (χ1) is 9.80. The van der Waals surface area contributed by atoms with E-state index in [1.165, 1.54) is 37.7 Å². The van der Waals surface area contributed by atoms with Gasteiger partial charge in [-0.05, 0) is 55.7 Å². The van der Waals surface area contributed by atoms with Crippen LogP contribution in [0.4, 0.5) is 0 Å². The first-order valence-corrected chi connectivity index (χ1v) is 7.73. The lowest BCUT2D eigenvalue weighted by Gasteiger charge is -2.39. The summed E-state index contributed by atoms with van der Waals surface area (Å²) >= 11 is 0. The Labute approximate surface area is 121 Å². The first-order valence-electron chi connectivity index (χ1n) is 7.73. The van der Waals surface area contributed by atoms with Crippen molar-refractivity contribution in [1.29, 1.82) is 0 Å². The van der Waals surface area contributed by atoms with Crippen LogP contribution in [0.3, 0.4) is 0 Å². The van der Waals surface area contributed by atoms with Gasteiger partial charge in [0.25, 0.3) is 0 Å². The molecule has 1 aromatic rings. The predicted octanol–water partition coefficient (Wildman–Crippen LogP) is 3.10. The van der Waals surface area contributed by atoms with E-state index in [0.717, 1.165) is 5.75 Å². The fraction of sp³-hybridized carbons (Fsp3) is 0.647. The molecule has 0 amide bonds. The molecule has 2 aliphatic carbocycles. The van der Waals surface area contributed by atoms with Gasteiger partial charge in [-0.2, -0.15) is 0 Å². The quantitative estimate of drug-likeness (QED) is 0.895. The summed E-state index contributed by atoms with van der Waals surface area (Å²) in [6, 6.07) is 9.77. The molecule has 1 N–H and O–H groups in total. The van der Waals surface area contributed by atoms with E-state index < -0.39 is 0 Å². The highest BCUT2D eigenvalue weighted by Gasteiger charge is 2.35. The van der Waals surface area contributed by atoms with Crippen LogP contribution in [0.15, 0.2) is 24.3 Å². The van der Waals surface area contributed by atoms with Crippen LogP contribution in [0, 0.1) is 0 Å². The molecule has 0 heterocycles. The van der Waals surface area contributed by atoms with Crippen LogP contribution in [-0.4, -0.2) is 32.4 Å². The van der Waals surface area contributed by atoms with E-state index in [0.29, 0.717) is 24.1 Å². The van der Waals surface area contributed by atoms with Gasteiger partial charge in [0, 0.05) is 19.2 Å². The molecule has 1 aromatic carbocycles. The van der Waals surface area contributed by atoms with Crippen molar-refractivity contribution in [1.82, 2.24) is 5.32 Å². The van der Waals surface area contributed by atoms with E-state index in [2.05, 4.69) is 29.6 Å². The summed E-state index contributed by atoms with van der Waals surface area (Å²) in [6.07, 6.45) is 6.70. The molecule has 2 fully saturated rings. The highest BCUT2D eigenvalue weighted by Crippen LogP contribution is 2.38. The van der Waals surface area contributed by atoms with E-state index in [1.54, 1.807) is 7.11 Å². The van der Waals surface area contributed by atoms with Crippen LogP contribution in [0.2, 0.25) is 0 Å². The molecule has 0 saturated heterocycles. The molecule has 110 valence electrons. The minimum atomic E-state index is 0.426. The summed E-state index contributed by atoms with van der Waals surface area (Å²) in [5.41, 5.74) is 1.44. The average Bonchev–Trinajstić information content (AvgIpc) is 2.90. The summed E-state index contributed by atoms with van der Waals surface area (Å²) in [5, 5.41) is 3.79. The highest BCUT2D eigenvalue weighted by molar-refractivity contribution is 5.31. The van der Waals surface area contributed by atoms with Crippen molar-refractivity contribution in [2.75, 3.05) is 14.2 Å². The maximum atomic E-state index is 5.55. The summed E-state index contributed by atoms with van der Waals surface area (Å²) < 4.78 is 10.8. The van der Waals surface area contributed by atoms with Crippen LogP contribution < -0.4 is 10.1 Å². The van der Waals surface area contributed by atoms with E-state index in [-0.39, 0.29) is 0 Å².